The average molecular weight is 400 g/mol. The molecule has 150 valence electrons. The van der Waals surface area contributed by atoms with Gasteiger partial charge in [-0.05, 0) is 22.8 Å². The van der Waals surface area contributed by atoms with Crippen LogP contribution in [0.4, 0.5) is 5.69 Å². The van der Waals surface area contributed by atoms with Gasteiger partial charge >= 0.3 is 5.97 Å². The van der Waals surface area contributed by atoms with E-state index in [0.717, 1.165) is 23.0 Å². The Morgan fingerprint density at radius 2 is 1.80 bits per heavy atom. The number of hydrogen-bond acceptors (Lipinski definition) is 6. The Bertz CT molecular complexity index is 1110. The number of methoxy groups -OCH3 is 1. The number of carbonyl (C=O) groups excluding carboxylic acids is 2. The molecule has 1 aliphatic rings. The van der Waals surface area contributed by atoms with Crippen molar-refractivity contribution in [1.29, 1.82) is 0 Å². The monoisotopic (exact) mass is 400 g/mol. The molecule has 1 unspecified atom stereocenters. The number of benzene rings is 2. The van der Waals surface area contributed by atoms with Gasteiger partial charge in [0.25, 0.3) is 0 Å². The third-order valence-electron chi connectivity index (χ3n) is 5.17. The number of anilines is 1. The van der Waals surface area contributed by atoms with Crippen LogP contribution in [-0.4, -0.2) is 36.0 Å². The fourth-order valence-corrected chi connectivity index (χ4v) is 3.67. The zero-order valence-corrected chi connectivity index (χ0v) is 16.4. The second-order valence-corrected chi connectivity index (χ2v) is 6.90. The van der Waals surface area contributed by atoms with Crippen molar-refractivity contribution in [3.05, 3.63) is 89.2 Å². The van der Waals surface area contributed by atoms with Crippen LogP contribution in [0.5, 0.6) is 5.75 Å². The minimum absolute atomic E-state index is 0.163. The molecule has 0 aliphatic carbocycles. The Balaban J connectivity index is 1.90. The van der Waals surface area contributed by atoms with Crippen LogP contribution in [0, 0.1) is 0 Å². The van der Waals surface area contributed by atoms with Crippen molar-refractivity contribution < 1.29 is 19.4 Å². The summed E-state index contributed by atoms with van der Waals surface area (Å²) in [5.41, 5.74) is 3.53. The first-order valence-electron chi connectivity index (χ1n) is 9.47. The quantitative estimate of drug-likeness (QED) is 0.517. The van der Waals surface area contributed by atoms with Crippen LogP contribution in [-0.2, 0) is 9.53 Å². The highest BCUT2D eigenvalue weighted by molar-refractivity contribution is 5.98. The first-order valence-corrected chi connectivity index (χ1v) is 9.47. The van der Waals surface area contributed by atoms with E-state index >= 15 is 0 Å². The molecule has 0 saturated heterocycles. The van der Waals surface area contributed by atoms with Gasteiger partial charge in [-0.2, -0.15) is 0 Å². The third-order valence-corrected chi connectivity index (χ3v) is 5.17. The summed E-state index contributed by atoms with van der Waals surface area (Å²) in [5, 5.41) is 10.8. The minimum atomic E-state index is -0.725. The summed E-state index contributed by atoms with van der Waals surface area (Å²) in [4.78, 5) is 30.2. The number of fused-ring (bicyclic) bond motifs is 1. The molecule has 1 N–H and O–H groups in total. The molecular weight excluding hydrogens is 380 g/mol. The number of nitrogens with zero attached hydrogens (tertiary/aromatic N) is 2. The van der Waals surface area contributed by atoms with Gasteiger partial charge in [0.05, 0.1) is 19.0 Å². The van der Waals surface area contributed by atoms with E-state index in [2.05, 4.69) is 4.98 Å². The zero-order valence-electron chi connectivity index (χ0n) is 16.4. The van der Waals surface area contributed by atoms with Crippen LogP contribution in [0.3, 0.4) is 0 Å². The Labute approximate surface area is 174 Å². The number of aldehydes is 1. The molecule has 30 heavy (non-hydrogen) atoms. The van der Waals surface area contributed by atoms with Gasteiger partial charge in [0.2, 0.25) is 0 Å². The SMILES string of the molecule is COC(=O)c1ncc2c(c1O)C=C(c1ccccc1)CN2C(C=O)c1ccccc1. The largest absolute Gasteiger partial charge is 0.505 e. The molecule has 1 aliphatic heterocycles. The second kappa shape index (κ2) is 8.21. The van der Waals surface area contributed by atoms with Crippen LogP contribution >= 0.6 is 0 Å². The van der Waals surface area contributed by atoms with Crippen molar-refractivity contribution in [3.8, 4) is 5.75 Å². The fourth-order valence-electron chi connectivity index (χ4n) is 3.67. The summed E-state index contributed by atoms with van der Waals surface area (Å²) in [7, 11) is 1.23. The number of pyridine rings is 1. The summed E-state index contributed by atoms with van der Waals surface area (Å²) in [6, 6.07) is 18.5. The highest BCUT2D eigenvalue weighted by atomic mass is 16.5. The molecule has 0 bridgehead atoms. The average Bonchev–Trinajstić information content (AvgIpc) is 2.80. The summed E-state index contributed by atoms with van der Waals surface area (Å²) < 4.78 is 4.73. The summed E-state index contributed by atoms with van der Waals surface area (Å²) in [6.07, 6.45) is 4.20. The van der Waals surface area contributed by atoms with Crippen LogP contribution in [0.15, 0.2) is 66.9 Å². The van der Waals surface area contributed by atoms with Crippen molar-refractivity contribution >= 4 is 29.6 Å². The molecule has 0 spiro atoms. The second-order valence-electron chi connectivity index (χ2n) is 6.90. The van der Waals surface area contributed by atoms with Gasteiger partial charge in [0.15, 0.2) is 11.4 Å². The number of esters is 1. The molecular formula is C24H20N2O4. The van der Waals surface area contributed by atoms with Gasteiger partial charge in [0.1, 0.15) is 12.3 Å². The van der Waals surface area contributed by atoms with Crippen LogP contribution in [0.2, 0.25) is 0 Å². The van der Waals surface area contributed by atoms with E-state index in [1.54, 1.807) is 0 Å². The first kappa shape index (κ1) is 19.4. The van der Waals surface area contributed by atoms with Gasteiger partial charge in [-0.3, -0.25) is 0 Å². The number of ether oxygens (including phenoxy) is 1. The Hall–Kier alpha value is -3.93. The number of carbonyl (C=O) groups is 2. The van der Waals surface area contributed by atoms with Gasteiger partial charge in [-0.15, -0.1) is 0 Å². The number of hydrogen-bond donors (Lipinski definition) is 1. The molecule has 6 heteroatoms. The number of aromatic hydroxyl groups is 1. The Morgan fingerprint density at radius 1 is 1.13 bits per heavy atom. The van der Waals surface area contributed by atoms with E-state index in [4.69, 9.17) is 4.74 Å². The van der Waals surface area contributed by atoms with E-state index in [0.29, 0.717) is 17.8 Å². The molecule has 2 heterocycles. The lowest BCUT2D eigenvalue weighted by atomic mass is 9.94. The summed E-state index contributed by atoms with van der Waals surface area (Å²) in [5.74, 6) is -0.993. The predicted molar refractivity (Wildman–Crippen MR) is 114 cm³/mol. The molecule has 1 aromatic heterocycles. The topological polar surface area (TPSA) is 79.7 Å². The lowest BCUT2D eigenvalue weighted by Gasteiger charge is -2.35. The number of rotatable bonds is 5. The van der Waals surface area contributed by atoms with Gasteiger partial charge in [-0.1, -0.05) is 60.7 Å². The molecule has 0 radical (unpaired) electrons. The Morgan fingerprint density at radius 3 is 2.43 bits per heavy atom. The molecule has 0 fully saturated rings. The maximum Gasteiger partial charge on any atom is 0.360 e. The zero-order chi connectivity index (χ0) is 21.1. The molecule has 1 atom stereocenters. The number of aromatic nitrogens is 1. The molecule has 6 nitrogen and oxygen atoms in total. The minimum Gasteiger partial charge on any atom is -0.505 e. The normalized spacial score (nSPS) is 13.8. The van der Waals surface area contributed by atoms with Crippen molar-refractivity contribution in [2.45, 2.75) is 6.04 Å². The highest BCUT2D eigenvalue weighted by Crippen LogP contribution is 2.41. The van der Waals surface area contributed by atoms with Gasteiger partial charge < -0.3 is 19.5 Å². The lowest BCUT2D eigenvalue weighted by Crippen LogP contribution is -2.34. The lowest BCUT2D eigenvalue weighted by molar-refractivity contribution is -0.109. The molecule has 2 aromatic carbocycles. The van der Waals surface area contributed by atoms with Crippen LogP contribution in [0.25, 0.3) is 11.6 Å². The van der Waals surface area contributed by atoms with Crippen molar-refractivity contribution in [3.63, 3.8) is 0 Å². The highest BCUT2D eigenvalue weighted by Gasteiger charge is 2.30. The van der Waals surface area contributed by atoms with E-state index in [1.165, 1.54) is 13.3 Å². The standard InChI is InChI=1S/C24H20N2O4/c1-30-24(29)22-23(28)19-12-18(16-8-4-2-5-9-16)14-26(20(19)13-25-22)21(15-27)17-10-6-3-7-11-17/h2-13,15,21,28H,14H2,1H3. The van der Waals surface area contributed by atoms with Crippen LogP contribution < -0.4 is 4.90 Å². The summed E-state index contributed by atoms with van der Waals surface area (Å²) >= 11 is 0. The van der Waals surface area contributed by atoms with Crippen molar-refractivity contribution in [2.75, 3.05) is 18.6 Å². The predicted octanol–water partition coefficient (Wildman–Crippen LogP) is 3.87. The van der Waals surface area contributed by atoms with E-state index in [1.807, 2.05) is 71.6 Å². The van der Waals surface area contributed by atoms with E-state index in [9.17, 15) is 14.7 Å². The molecule has 4 rings (SSSR count). The van der Waals surface area contributed by atoms with Gasteiger partial charge in [0, 0.05) is 12.1 Å². The molecule has 0 amide bonds. The maximum absolute atomic E-state index is 12.1. The molecule has 3 aromatic rings. The van der Waals surface area contributed by atoms with E-state index in [-0.39, 0.29) is 11.4 Å². The van der Waals surface area contributed by atoms with E-state index < -0.39 is 12.0 Å². The van der Waals surface area contributed by atoms with Crippen molar-refractivity contribution in [2.24, 2.45) is 0 Å². The smallest absolute Gasteiger partial charge is 0.360 e. The Kier molecular flexibility index (Phi) is 5.30. The maximum atomic E-state index is 12.1. The third kappa shape index (κ3) is 3.43. The molecule has 0 saturated carbocycles. The van der Waals surface area contributed by atoms with Gasteiger partial charge in [-0.25, -0.2) is 9.78 Å². The fraction of sp³-hybridized carbons (Fsp3) is 0.125. The van der Waals surface area contributed by atoms with Crippen molar-refractivity contribution in [1.82, 2.24) is 4.98 Å². The summed E-state index contributed by atoms with van der Waals surface area (Å²) in [6.45, 7) is 0.438. The van der Waals surface area contributed by atoms with Crippen LogP contribution in [0.1, 0.15) is 33.2 Å². The first-order chi connectivity index (χ1) is 14.6.